The third-order valence-electron chi connectivity index (χ3n) is 4.48. The highest BCUT2D eigenvalue weighted by Crippen LogP contribution is 2.40. The van der Waals surface area contributed by atoms with E-state index in [0.29, 0.717) is 22.1 Å². The highest BCUT2D eigenvalue weighted by molar-refractivity contribution is 6.32. The molecule has 1 heterocycles. The number of carbonyl (C=O) groups is 1. The van der Waals surface area contributed by atoms with Crippen molar-refractivity contribution in [2.45, 2.75) is 25.3 Å². The molecule has 2 aliphatic rings. The molecular formula is C18H17ClN2O3. The van der Waals surface area contributed by atoms with Crippen molar-refractivity contribution in [3.05, 3.63) is 52.0 Å². The zero-order chi connectivity index (χ0) is 16.7. The summed E-state index contributed by atoms with van der Waals surface area (Å²) in [5, 5.41) is 3.48. The van der Waals surface area contributed by atoms with Gasteiger partial charge in [0.1, 0.15) is 0 Å². The maximum atomic E-state index is 12.7. The number of aryl methyl sites for hydroxylation is 1. The Hall–Kier alpha value is -2.40. The van der Waals surface area contributed by atoms with Gasteiger partial charge in [-0.1, -0.05) is 17.7 Å². The Balaban J connectivity index is 1.59. The molecular weight excluding hydrogens is 328 g/mol. The average Bonchev–Trinajstić information content (AvgIpc) is 3.04. The second-order valence-corrected chi connectivity index (χ2v) is 6.48. The molecule has 1 amide bonds. The molecule has 0 fully saturated rings. The van der Waals surface area contributed by atoms with Gasteiger partial charge in [-0.2, -0.15) is 0 Å². The van der Waals surface area contributed by atoms with Crippen LogP contribution >= 0.6 is 11.6 Å². The van der Waals surface area contributed by atoms with Crippen LogP contribution in [0.2, 0.25) is 5.02 Å². The summed E-state index contributed by atoms with van der Waals surface area (Å²) in [7, 11) is 0. The van der Waals surface area contributed by atoms with Gasteiger partial charge in [-0.25, -0.2) is 0 Å². The van der Waals surface area contributed by atoms with Crippen LogP contribution in [0.5, 0.6) is 11.5 Å². The first-order valence-electron chi connectivity index (χ1n) is 7.90. The monoisotopic (exact) mass is 344 g/mol. The third-order valence-corrected chi connectivity index (χ3v) is 4.76. The van der Waals surface area contributed by atoms with Gasteiger partial charge in [0.15, 0.2) is 11.5 Å². The van der Waals surface area contributed by atoms with Gasteiger partial charge >= 0.3 is 0 Å². The summed E-state index contributed by atoms with van der Waals surface area (Å²) in [5.41, 5.74) is 9.42. The predicted octanol–water partition coefficient (Wildman–Crippen LogP) is 3.46. The van der Waals surface area contributed by atoms with Crippen LogP contribution in [0.25, 0.3) is 0 Å². The highest BCUT2D eigenvalue weighted by Gasteiger charge is 2.25. The number of nitrogens with one attached hydrogen (secondary N) is 1. The SMILES string of the molecule is Nc1ccc2c(c1)CCCC2NC(=O)c1cc(Cl)c2c(c1)OCO2. The lowest BCUT2D eigenvalue weighted by Crippen LogP contribution is -2.31. The van der Waals surface area contributed by atoms with Gasteiger partial charge in [0.2, 0.25) is 6.79 Å². The van der Waals surface area contributed by atoms with Crippen LogP contribution in [0.3, 0.4) is 0 Å². The van der Waals surface area contributed by atoms with Crippen molar-refractivity contribution < 1.29 is 14.3 Å². The first-order chi connectivity index (χ1) is 11.6. The first-order valence-corrected chi connectivity index (χ1v) is 8.28. The van der Waals surface area contributed by atoms with Crippen molar-refractivity contribution >= 4 is 23.2 Å². The molecule has 2 aromatic rings. The third kappa shape index (κ3) is 2.65. The minimum absolute atomic E-state index is 0.0222. The number of benzene rings is 2. The normalized spacial score (nSPS) is 18.1. The lowest BCUT2D eigenvalue weighted by molar-refractivity contribution is 0.0932. The van der Waals surface area contributed by atoms with Crippen LogP contribution in [-0.2, 0) is 6.42 Å². The molecule has 24 heavy (non-hydrogen) atoms. The van der Waals surface area contributed by atoms with Gasteiger partial charge in [-0.05, 0) is 54.7 Å². The lowest BCUT2D eigenvalue weighted by Gasteiger charge is -2.26. The zero-order valence-electron chi connectivity index (χ0n) is 13.0. The van der Waals surface area contributed by atoms with E-state index in [0.717, 1.165) is 30.5 Å². The Kier molecular flexibility index (Phi) is 3.73. The fourth-order valence-electron chi connectivity index (χ4n) is 3.32. The predicted molar refractivity (Wildman–Crippen MR) is 91.6 cm³/mol. The molecule has 1 unspecified atom stereocenters. The number of rotatable bonds is 2. The smallest absolute Gasteiger partial charge is 0.251 e. The molecule has 0 bridgehead atoms. The second-order valence-electron chi connectivity index (χ2n) is 6.07. The van der Waals surface area contributed by atoms with E-state index in [1.54, 1.807) is 12.1 Å². The van der Waals surface area contributed by atoms with Gasteiger partial charge in [0.05, 0.1) is 11.1 Å². The molecule has 0 aromatic heterocycles. The van der Waals surface area contributed by atoms with E-state index in [4.69, 9.17) is 26.8 Å². The van der Waals surface area contributed by atoms with Crippen LogP contribution < -0.4 is 20.5 Å². The van der Waals surface area contributed by atoms with E-state index >= 15 is 0 Å². The number of halogens is 1. The Labute approximate surface area is 144 Å². The summed E-state index contributed by atoms with van der Waals surface area (Å²) < 4.78 is 10.6. The van der Waals surface area contributed by atoms with Crippen LogP contribution in [-0.4, -0.2) is 12.7 Å². The van der Waals surface area contributed by atoms with Gasteiger partial charge in [0, 0.05) is 11.3 Å². The Morgan fingerprint density at radius 1 is 1.25 bits per heavy atom. The molecule has 0 saturated heterocycles. The largest absolute Gasteiger partial charge is 0.454 e. The number of nitrogen functional groups attached to an aromatic ring is 1. The summed E-state index contributed by atoms with van der Waals surface area (Å²) >= 11 is 6.16. The number of hydrogen-bond acceptors (Lipinski definition) is 4. The second kappa shape index (κ2) is 5.91. The van der Waals surface area contributed by atoms with Crippen molar-refractivity contribution in [2.24, 2.45) is 0 Å². The van der Waals surface area contributed by atoms with Crippen molar-refractivity contribution in [1.82, 2.24) is 5.32 Å². The van der Waals surface area contributed by atoms with Gasteiger partial charge in [0.25, 0.3) is 5.91 Å². The summed E-state index contributed by atoms with van der Waals surface area (Å²) in [5.74, 6) is 0.820. The fourth-order valence-corrected chi connectivity index (χ4v) is 3.59. The van der Waals surface area contributed by atoms with E-state index < -0.39 is 0 Å². The molecule has 5 nitrogen and oxygen atoms in total. The number of nitrogens with two attached hydrogens (primary N) is 1. The molecule has 2 aromatic carbocycles. The average molecular weight is 345 g/mol. The number of amides is 1. The lowest BCUT2D eigenvalue weighted by atomic mass is 9.87. The fraction of sp³-hybridized carbons (Fsp3) is 0.278. The quantitative estimate of drug-likeness (QED) is 0.818. The highest BCUT2D eigenvalue weighted by atomic mass is 35.5. The molecule has 124 valence electrons. The van der Waals surface area contributed by atoms with Crippen molar-refractivity contribution in [3.8, 4) is 11.5 Å². The van der Waals surface area contributed by atoms with Gasteiger partial charge in [-0.3, -0.25) is 4.79 Å². The van der Waals surface area contributed by atoms with Gasteiger partial charge < -0.3 is 20.5 Å². The Morgan fingerprint density at radius 3 is 3.00 bits per heavy atom. The summed E-state index contributed by atoms with van der Waals surface area (Å²) in [6.45, 7) is 0.123. The molecule has 3 N–H and O–H groups in total. The minimum atomic E-state index is -0.176. The molecule has 1 aliphatic heterocycles. The maximum absolute atomic E-state index is 12.7. The van der Waals surface area contributed by atoms with E-state index in [9.17, 15) is 4.79 Å². The number of anilines is 1. The van der Waals surface area contributed by atoms with E-state index in [-0.39, 0.29) is 18.7 Å². The summed E-state index contributed by atoms with van der Waals surface area (Å²) in [6.07, 6.45) is 2.91. The number of fused-ring (bicyclic) bond motifs is 2. The van der Waals surface area contributed by atoms with Crippen molar-refractivity contribution in [1.29, 1.82) is 0 Å². The van der Waals surface area contributed by atoms with Gasteiger partial charge in [-0.15, -0.1) is 0 Å². The summed E-state index contributed by atoms with van der Waals surface area (Å²) in [4.78, 5) is 12.7. The van der Waals surface area contributed by atoms with Crippen molar-refractivity contribution in [3.63, 3.8) is 0 Å². The first kappa shape index (κ1) is 15.1. The number of hydrogen-bond donors (Lipinski definition) is 2. The molecule has 6 heteroatoms. The summed E-state index contributed by atoms with van der Waals surface area (Å²) in [6, 6.07) is 9.12. The molecule has 1 atom stereocenters. The van der Waals surface area contributed by atoms with E-state index in [1.807, 2.05) is 18.2 Å². The Morgan fingerprint density at radius 2 is 2.12 bits per heavy atom. The zero-order valence-corrected chi connectivity index (χ0v) is 13.7. The molecule has 1 aliphatic carbocycles. The number of carbonyl (C=O) groups excluding carboxylic acids is 1. The number of ether oxygens (including phenoxy) is 2. The molecule has 0 saturated carbocycles. The topological polar surface area (TPSA) is 73.6 Å². The maximum Gasteiger partial charge on any atom is 0.251 e. The van der Waals surface area contributed by atoms with Crippen LogP contribution in [0, 0.1) is 0 Å². The Bertz CT molecular complexity index is 822. The van der Waals surface area contributed by atoms with Crippen molar-refractivity contribution in [2.75, 3.05) is 12.5 Å². The molecule has 0 spiro atoms. The van der Waals surface area contributed by atoms with E-state index in [1.165, 1.54) is 5.56 Å². The van der Waals surface area contributed by atoms with Crippen LogP contribution in [0.1, 0.15) is 40.4 Å². The molecule has 0 radical (unpaired) electrons. The minimum Gasteiger partial charge on any atom is -0.454 e. The molecule has 4 rings (SSSR count). The van der Waals surface area contributed by atoms with Crippen LogP contribution in [0.4, 0.5) is 5.69 Å². The van der Waals surface area contributed by atoms with E-state index in [2.05, 4.69) is 5.32 Å². The van der Waals surface area contributed by atoms with Crippen LogP contribution in [0.15, 0.2) is 30.3 Å². The standard InChI is InChI=1S/C18H17ClN2O3/c19-14-7-11(8-16-17(14)24-9-23-16)18(22)21-15-3-1-2-10-6-12(20)4-5-13(10)15/h4-8,15H,1-3,9,20H2,(H,21,22).